The molecule has 0 aliphatic carbocycles. The minimum Gasteiger partial charge on any atom is -0.381 e. The molecule has 5 nitrogen and oxygen atoms in total. The first-order valence-corrected chi connectivity index (χ1v) is 9.77. The summed E-state index contributed by atoms with van der Waals surface area (Å²) in [6, 6.07) is 10.5. The van der Waals surface area contributed by atoms with E-state index in [9.17, 15) is 9.59 Å². The van der Waals surface area contributed by atoms with Crippen LogP contribution in [-0.4, -0.2) is 41.7 Å². The number of amides is 1. The number of rotatable bonds is 6. The molecule has 1 fully saturated rings. The molecule has 144 valence electrons. The molecule has 27 heavy (non-hydrogen) atoms. The maximum atomic E-state index is 13.0. The highest BCUT2D eigenvalue weighted by molar-refractivity contribution is 6.31. The summed E-state index contributed by atoms with van der Waals surface area (Å²) in [7, 11) is 0. The number of pyridine rings is 1. The van der Waals surface area contributed by atoms with Crippen LogP contribution in [0.1, 0.15) is 35.7 Å². The third-order valence-corrected chi connectivity index (χ3v) is 5.39. The van der Waals surface area contributed by atoms with Crippen LogP contribution >= 0.6 is 11.6 Å². The number of aromatic nitrogens is 1. The van der Waals surface area contributed by atoms with Crippen molar-refractivity contribution in [1.82, 2.24) is 9.47 Å². The molecule has 1 saturated heterocycles. The van der Waals surface area contributed by atoms with Gasteiger partial charge in [-0.1, -0.05) is 29.8 Å². The SMILES string of the molecule is CCN(CC1CCOCC1)C(=O)c1ccc(=O)n(Cc2ccccc2Cl)c1. The molecule has 1 aliphatic heterocycles. The van der Waals surface area contributed by atoms with Gasteiger partial charge < -0.3 is 14.2 Å². The van der Waals surface area contributed by atoms with E-state index in [1.807, 2.05) is 30.0 Å². The van der Waals surface area contributed by atoms with Crippen LogP contribution in [0.25, 0.3) is 0 Å². The Balaban J connectivity index is 1.78. The largest absolute Gasteiger partial charge is 0.381 e. The molecule has 0 unspecified atom stereocenters. The topological polar surface area (TPSA) is 51.5 Å². The van der Waals surface area contributed by atoms with Gasteiger partial charge in [-0.3, -0.25) is 9.59 Å². The van der Waals surface area contributed by atoms with Crippen molar-refractivity contribution >= 4 is 17.5 Å². The minimum absolute atomic E-state index is 0.0445. The van der Waals surface area contributed by atoms with E-state index in [0.717, 1.165) is 38.2 Å². The van der Waals surface area contributed by atoms with Gasteiger partial charge in [0.25, 0.3) is 11.5 Å². The second kappa shape index (κ2) is 9.20. The Morgan fingerprint density at radius 3 is 2.67 bits per heavy atom. The third kappa shape index (κ3) is 4.99. The van der Waals surface area contributed by atoms with Crippen molar-refractivity contribution in [3.63, 3.8) is 0 Å². The minimum atomic E-state index is -0.154. The van der Waals surface area contributed by atoms with Gasteiger partial charge in [-0.05, 0) is 43.4 Å². The van der Waals surface area contributed by atoms with E-state index in [4.69, 9.17) is 16.3 Å². The molecule has 0 atom stereocenters. The zero-order valence-electron chi connectivity index (χ0n) is 15.6. The summed E-state index contributed by atoms with van der Waals surface area (Å²) in [5.41, 5.74) is 1.22. The first-order chi connectivity index (χ1) is 13.1. The maximum absolute atomic E-state index is 13.0. The molecule has 1 aliphatic rings. The quantitative estimate of drug-likeness (QED) is 0.761. The van der Waals surface area contributed by atoms with Crippen LogP contribution in [0.3, 0.4) is 0 Å². The lowest BCUT2D eigenvalue weighted by Gasteiger charge is -2.29. The summed E-state index contributed by atoms with van der Waals surface area (Å²) >= 11 is 6.21. The number of carbonyl (C=O) groups is 1. The molecule has 0 spiro atoms. The fraction of sp³-hybridized carbons (Fsp3) is 0.429. The monoisotopic (exact) mass is 388 g/mol. The Morgan fingerprint density at radius 1 is 1.22 bits per heavy atom. The molecule has 3 rings (SSSR count). The molecular formula is C21H25ClN2O3. The van der Waals surface area contributed by atoms with Crippen molar-refractivity contribution in [3.05, 3.63) is 69.1 Å². The average Bonchev–Trinajstić information content (AvgIpc) is 2.69. The number of benzene rings is 1. The third-order valence-electron chi connectivity index (χ3n) is 5.02. The van der Waals surface area contributed by atoms with Gasteiger partial charge in [0, 0.05) is 43.6 Å². The van der Waals surface area contributed by atoms with Crippen molar-refractivity contribution in [2.45, 2.75) is 26.3 Å². The predicted octanol–water partition coefficient (Wildman–Crippen LogP) is 3.44. The number of nitrogens with zero attached hydrogens (tertiary/aromatic N) is 2. The predicted molar refractivity (Wildman–Crippen MR) is 106 cm³/mol. The smallest absolute Gasteiger partial charge is 0.255 e. The van der Waals surface area contributed by atoms with Crippen molar-refractivity contribution in [1.29, 1.82) is 0 Å². The van der Waals surface area contributed by atoms with Gasteiger partial charge in [-0.15, -0.1) is 0 Å². The first kappa shape index (κ1) is 19.6. The van der Waals surface area contributed by atoms with Crippen LogP contribution < -0.4 is 5.56 Å². The number of hydrogen-bond acceptors (Lipinski definition) is 3. The molecule has 0 saturated carbocycles. The lowest BCUT2D eigenvalue weighted by atomic mass is 9.99. The van der Waals surface area contributed by atoms with Crippen molar-refractivity contribution in [3.8, 4) is 0 Å². The number of hydrogen-bond donors (Lipinski definition) is 0. The van der Waals surface area contributed by atoms with Crippen LogP contribution in [-0.2, 0) is 11.3 Å². The number of ether oxygens (including phenoxy) is 1. The summed E-state index contributed by atoms with van der Waals surface area (Å²) in [6.45, 7) is 5.21. The Morgan fingerprint density at radius 2 is 1.96 bits per heavy atom. The standard InChI is InChI=1S/C21H25ClN2O3/c1-2-23(13-16-9-11-27-12-10-16)21(26)18-7-8-20(25)24(15-18)14-17-5-3-4-6-19(17)22/h3-8,15-16H,2,9-14H2,1H3. The van der Waals surface area contributed by atoms with Gasteiger partial charge in [-0.2, -0.15) is 0 Å². The zero-order valence-corrected chi connectivity index (χ0v) is 16.3. The normalized spacial score (nSPS) is 14.9. The molecule has 2 heterocycles. The highest BCUT2D eigenvalue weighted by atomic mass is 35.5. The van der Waals surface area contributed by atoms with Crippen LogP contribution in [0.4, 0.5) is 0 Å². The van der Waals surface area contributed by atoms with E-state index in [1.54, 1.807) is 18.3 Å². The van der Waals surface area contributed by atoms with Crippen molar-refractivity contribution in [2.75, 3.05) is 26.3 Å². The molecule has 2 aromatic rings. The molecule has 1 amide bonds. The summed E-state index contributed by atoms with van der Waals surface area (Å²) in [5, 5.41) is 0.607. The molecule has 6 heteroatoms. The first-order valence-electron chi connectivity index (χ1n) is 9.39. The second-order valence-electron chi connectivity index (χ2n) is 6.87. The second-order valence-corrected chi connectivity index (χ2v) is 7.28. The van der Waals surface area contributed by atoms with Gasteiger partial charge in [0.1, 0.15) is 0 Å². The van der Waals surface area contributed by atoms with Gasteiger partial charge in [0.2, 0.25) is 0 Å². The molecule has 0 radical (unpaired) electrons. The zero-order chi connectivity index (χ0) is 19.2. The fourth-order valence-corrected chi connectivity index (χ4v) is 3.57. The Kier molecular flexibility index (Phi) is 6.69. The van der Waals surface area contributed by atoms with E-state index in [0.29, 0.717) is 29.6 Å². The Hall–Kier alpha value is -2.11. The van der Waals surface area contributed by atoms with Gasteiger partial charge in [0.05, 0.1) is 12.1 Å². The average molecular weight is 389 g/mol. The van der Waals surface area contributed by atoms with Crippen LogP contribution in [0.15, 0.2) is 47.4 Å². The summed E-state index contributed by atoms with van der Waals surface area (Å²) < 4.78 is 6.94. The summed E-state index contributed by atoms with van der Waals surface area (Å²) in [4.78, 5) is 27.1. The fourth-order valence-electron chi connectivity index (χ4n) is 3.37. The highest BCUT2D eigenvalue weighted by Gasteiger charge is 2.21. The molecule has 1 aromatic heterocycles. The van der Waals surface area contributed by atoms with Gasteiger partial charge >= 0.3 is 0 Å². The highest BCUT2D eigenvalue weighted by Crippen LogP contribution is 2.18. The molecular weight excluding hydrogens is 364 g/mol. The van der Waals surface area contributed by atoms with Crippen molar-refractivity contribution in [2.24, 2.45) is 5.92 Å². The molecule has 1 aromatic carbocycles. The van der Waals surface area contributed by atoms with E-state index in [2.05, 4.69) is 0 Å². The molecule has 0 N–H and O–H groups in total. The van der Waals surface area contributed by atoms with E-state index >= 15 is 0 Å². The molecule has 0 bridgehead atoms. The van der Waals surface area contributed by atoms with Crippen LogP contribution in [0.5, 0.6) is 0 Å². The summed E-state index contributed by atoms with van der Waals surface area (Å²) in [5.74, 6) is 0.425. The maximum Gasteiger partial charge on any atom is 0.255 e. The van der Waals surface area contributed by atoms with E-state index in [1.165, 1.54) is 10.6 Å². The van der Waals surface area contributed by atoms with E-state index < -0.39 is 0 Å². The van der Waals surface area contributed by atoms with Gasteiger partial charge in [-0.25, -0.2) is 0 Å². The van der Waals surface area contributed by atoms with Gasteiger partial charge in [0.15, 0.2) is 0 Å². The van der Waals surface area contributed by atoms with E-state index in [-0.39, 0.29) is 11.5 Å². The van der Waals surface area contributed by atoms with Crippen LogP contribution in [0.2, 0.25) is 5.02 Å². The Bertz CT molecular complexity index is 843. The number of halogens is 1. The van der Waals surface area contributed by atoms with Crippen LogP contribution in [0, 0.1) is 5.92 Å². The lowest BCUT2D eigenvalue weighted by molar-refractivity contribution is 0.0466. The Labute approximate surface area is 164 Å². The summed E-state index contributed by atoms with van der Waals surface area (Å²) in [6.07, 6.45) is 3.60. The van der Waals surface area contributed by atoms with Crippen molar-refractivity contribution < 1.29 is 9.53 Å². The number of carbonyl (C=O) groups excluding carboxylic acids is 1. The lowest BCUT2D eigenvalue weighted by Crippen LogP contribution is -2.37.